The molecule has 0 aromatic heterocycles. The molecule has 98 valence electrons. The van der Waals surface area contributed by atoms with Crippen LogP contribution in [-0.4, -0.2) is 24.6 Å². The van der Waals surface area contributed by atoms with Gasteiger partial charge in [0.15, 0.2) is 6.61 Å². The molecule has 0 atom stereocenters. The number of benzene rings is 1. The summed E-state index contributed by atoms with van der Waals surface area (Å²) in [5.74, 6) is -1.29. The van der Waals surface area contributed by atoms with E-state index in [0.29, 0.717) is 5.69 Å². The van der Waals surface area contributed by atoms with Crippen molar-refractivity contribution in [3.8, 4) is 0 Å². The Bertz CT molecular complexity index is 457. The maximum Gasteiger partial charge on any atom is 0.344 e. The van der Waals surface area contributed by atoms with E-state index >= 15 is 0 Å². The zero-order chi connectivity index (χ0) is 13.7. The summed E-state index contributed by atoms with van der Waals surface area (Å²) in [6.07, 6.45) is -0.252. The van der Waals surface area contributed by atoms with Crippen molar-refractivity contribution >= 4 is 23.3 Å². The largest absolute Gasteiger partial charge is 0.460 e. The molecule has 0 radical (unpaired) electrons. The molecule has 1 rings (SSSR count). The number of hydrogen-bond acceptors (Lipinski definition) is 6. The third-order valence-electron chi connectivity index (χ3n) is 1.98. The van der Waals surface area contributed by atoms with Crippen LogP contribution in [0.25, 0.3) is 0 Å². The molecule has 1 aromatic rings. The van der Waals surface area contributed by atoms with Gasteiger partial charge in [0, 0.05) is 11.4 Å². The molecular formula is C12H16N2O4. The normalized spacial score (nSPS) is 10.2. The van der Waals surface area contributed by atoms with E-state index in [1.165, 1.54) is 18.2 Å². The molecule has 0 bridgehead atoms. The van der Waals surface area contributed by atoms with Crippen molar-refractivity contribution in [1.29, 1.82) is 0 Å². The lowest BCUT2D eigenvalue weighted by Gasteiger charge is -2.09. The summed E-state index contributed by atoms with van der Waals surface area (Å²) < 4.78 is 9.60. The van der Waals surface area contributed by atoms with E-state index in [0.717, 1.165) is 0 Å². The van der Waals surface area contributed by atoms with Crippen LogP contribution in [0.1, 0.15) is 24.2 Å². The van der Waals surface area contributed by atoms with Crippen LogP contribution in [0.3, 0.4) is 0 Å². The molecule has 0 fully saturated rings. The van der Waals surface area contributed by atoms with Gasteiger partial charge in [0.2, 0.25) is 0 Å². The quantitative estimate of drug-likeness (QED) is 0.610. The van der Waals surface area contributed by atoms with Crippen LogP contribution >= 0.6 is 0 Å². The molecule has 18 heavy (non-hydrogen) atoms. The maximum atomic E-state index is 11.6. The molecule has 0 aliphatic rings. The zero-order valence-electron chi connectivity index (χ0n) is 10.3. The number of nitrogen functional groups attached to an aromatic ring is 2. The van der Waals surface area contributed by atoms with Crippen molar-refractivity contribution in [1.82, 2.24) is 0 Å². The van der Waals surface area contributed by atoms with Gasteiger partial charge in [-0.2, -0.15) is 0 Å². The lowest BCUT2D eigenvalue weighted by molar-refractivity contribution is -0.150. The minimum Gasteiger partial charge on any atom is -0.460 e. The number of carbonyl (C=O) groups is 2. The lowest BCUT2D eigenvalue weighted by Crippen LogP contribution is -2.20. The molecule has 4 N–H and O–H groups in total. The minimum absolute atomic E-state index is 0.168. The van der Waals surface area contributed by atoms with Gasteiger partial charge in [-0.3, -0.25) is 0 Å². The van der Waals surface area contributed by atoms with E-state index in [1.54, 1.807) is 13.8 Å². The Morgan fingerprint density at radius 1 is 1.28 bits per heavy atom. The van der Waals surface area contributed by atoms with E-state index in [2.05, 4.69) is 0 Å². The second-order valence-electron chi connectivity index (χ2n) is 3.96. The highest BCUT2D eigenvalue weighted by atomic mass is 16.6. The fourth-order valence-electron chi connectivity index (χ4n) is 1.27. The Labute approximate surface area is 105 Å². The first-order chi connectivity index (χ1) is 8.40. The molecule has 0 saturated heterocycles. The average Bonchev–Trinajstić information content (AvgIpc) is 2.25. The van der Waals surface area contributed by atoms with Crippen LogP contribution in [0.5, 0.6) is 0 Å². The smallest absolute Gasteiger partial charge is 0.344 e. The predicted octanol–water partition coefficient (Wildman–Crippen LogP) is 0.959. The summed E-state index contributed by atoms with van der Waals surface area (Å²) in [7, 11) is 0. The summed E-state index contributed by atoms with van der Waals surface area (Å²) in [6.45, 7) is 2.97. The molecule has 0 aliphatic carbocycles. The molecule has 0 spiro atoms. The summed E-state index contributed by atoms with van der Waals surface area (Å²) >= 11 is 0. The van der Waals surface area contributed by atoms with Gasteiger partial charge < -0.3 is 20.9 Å². The average molecular weight is 252 g/mol. The lowest BCUT2D eigenvalue weighted by atomic mass is 10.1. The van der Waals surface area contributed by atoms with Crippen LogP contribution in [0.2, 0.25) is 0 Å². The Kier molecular flexibility index (Phi) is 4.53. The monoisotopic (exact) mass is 252 g/mol. The number of hydrogen-bond donors (Lipinski definition) is 2. The van der Waals surface area contributed by atoms with Gasteiger partial charge >= 0.3 is 11.9 Å². The first-order valence-corrected chi connectivity index (χ1v) is 5.41. The summed E-state index contributed by atoms with van der Waals surface area (Å²) in [5, 5.41) is 0. The Morgan fingerprint density at radius 2 is 1.94 bits per heavy atom. The van der Waals surface area contributed by atoms with Crippen LogP contribution in [0, 0.1) is 0 Å². The van der Waals surface area contributed by atoms with E-state index in [9.17, 15) is 9.59 Å². The Hall–Kier alpha value is -2.24. The number of nitrogens with two attached hydrogens (primary N) is 2. The molecule has 0 unspecified atom stereocenters. The van der Waals surface area contributed by atoms with Crippen molar-refractivity contribution in [2.45, 2.75) is 20.0 Å². The highest BCUT2D eigenvalue weighted by Crippen LogP contribution is 2.16. The fraction of sp³-hybridized carbons (Fsp3) is 0.333. The second kappa shape index (κ2) is 5.90. The van der Waals surface area contributed by atoms with Crippen molar-refractivity contribution < 1.29 is 19.1 Å². The van der Waals surface area contributed by atoms with Gasteiger partial charge in [-0.25, -0.2) is 9.59 Å². The number of esters is 2. The number of ether oxygens (including phenoxy) is 2. The van der Waals surface area contributed by atoms with Crippen LogP contribution in [-0.2, 0) is 14.3 Å². The zero-order valence-corrected chi connectivity index (χ0v) is 10.3. The van der Waals surface area contributed by atoms with Gasteiger partial charge in [-0.15, -0.1) is 0 Å². The molecule has 0 heterocycles. The van der Waals surface area contributed by atoms with Gasteiger partial charge in [-0.1, -0.05) is 0 Å². The summed E-state index contributed by atoms with van der Waals surface area (Å²) in [6, 6.07) is 4.42. The van der Waals surface area contributed by atoms with Gasteiger partial charge in [0.05, 0.1) is 11.7 Å². The highest BCUT2D eigenvalue weighted by molar-refractivity contribution is 5.96. The molecule has 0 aliphatic heterocycles. The molecule has 6 heteroatoms. The van der Waals surface area contributed by atoms with Gasteiger partial charge in [0.1, 0.15) is 0 Å². The topological polar surface area (TPSA) is 105 Å². The standard InChI is InChI=1S/C12H16N2O4/c1-7(2)18-11(15)6-17-12(16)9-4-3-8(13)5-10(9)14/h3-5,7H,6,13-14H2,1-2H3. The van der Waals surface area contributed by atoms with Gasteiger partial charge in [0.25, 0.3) is 0 Å². The van der Waals surface area contributed by atoms with Crippen molar-refractivity contribution in [3.63, 3.8) is 0 Å². The second-order valence-corrected chi connectivity index (χ2v) is 3.96. The highest BCUT2D eigenvalue weighted by Gasteiger charge is 2.14. The van der Waals surface area contributed by atoms with Crippen molar-refractivity contribution in [3.05, 3.63) is 23.8 Å². The fourth-order valence-corrected chi connectivity index (χ4v) is 1.27. The number of anilines is 2. The van der Waals surface area contributed by atoms with E-state index < -0.39 is 18.5 Å². The van der Waals surface area contributed by atoms with E-state index in [-0.39, 0.29) is 17.4 Å². The minimum atomic E-state index is -0.687. The molecule has 6 nitrogen and oxygen atoms in total. The third-order valence-corrected chi connectivity index (χ3v) is 1.98. The van der Waals surface area contributed by atoms with Crippen LogP contribution in [0.15, 0.2) is 18.2 Å². The molecule has 0 saturated carbocycles. The SMILES string of the molecule is CC(C)OC(=O)COC(=O)c1ccc(N)cc1N. The Morgan fingerprint density at radius 3 is 2.50 bits per heavy atom. The molecule has 0 amide bonds. The van der Waals surface area contributed by atoms with E-state index in [1.807, 2.05) is 0 Å². The summed E-state index contributed by atoms with van der Waals surface area (Å²) in [4.78, 5) is 22.8. The van der Waals surface area contributed by atoms with Crippen molar-refractivity contribution in [2.24, 2.45) is 0 Å². The molecular weight excluding hydrogens is 236 g/mol. The van der Waals surface area contributed by atoms with Gasteiger partial charge in [-0.05, 0) is 32.0 Å². The summed E-state index contributed by atoms with van der Waals surface area (Å²) in [5.41, 5.74) is 11.9. The van der Waals surface area contributed by atoms with E-state index in [4.69, 9.17) is 20.9 Å². The first kappa shape index (κ1) is 13.8. The number of carbonyl (C=O) groups excluding carboxylic acids is 2. The maximum absolute atomic E-state index is 11.6. The van der Waals surface area contributed by atoms with Crippen LogP contribution in [0.4, 0.5) is 11.4 Å². The third kappa shape index (κ3) is 3.97. The first-order valence-electron chi connectivity index (χ1n) is 5.41. The Balaban J connectivity index is 2.58. The van der Waals surface area contributed by atoms with Crippen molar-refractivity contribution in [2.75, 3.05) is 18.1 Å². The predicted molar refractivity (Wildman–Crippen MR) is 66.8 cm³/mol. The van der Waals surface area contributed by atoms with Crippen LogP contribution < -0.4 is 11.5 Å². The number of rotatable bonds is 4. The molecule has 1 aromatic carbocycles.